The third kappa shape index (κ3) is 4.59. The Morgan fingerprint density at radius 2 is 1.83 bits per heavy atom. The van der Waals surface area contributed by atoms with E-state index in [1.807, 2.05) is 0 Å². The van der Waals surface area contributed by atoms with E-state index in [4.69, 9.17) is 21.1 Å². The van der Waals surface area contributed by atoms with Crippen LogP contribution in [0.4, 0.5) is 0 Å². The van der Waals surface area contributed by atoms with E-state index in [1.54, 1.807) is 31.2 Å². The second kappa shape index (κ2) is 6.81. The molecule has 0 fully saturated rings. The van der Waals surface area contributed by atoms with Crippen LogP contribution in [0.15, 0.2) is 36.4 Å². The van der Waals surface area contributed by atoms with Crippen LogP contribution in [0.1, 0.15) is 17.3 Å². The molecule has 1 rings (SSSR count). The van der Waals surface area contributed by atoms with Crippen molar-refractivity contribution in [3.05, 3.63) is 42.0 Å². The lowest BCUT2D eigenvalue weighted by molar-refractivity contribution is -0.139. The van der Waals surface area contributed by atoms with Crippen molar-refractivity contribution in [3.8, 4) is 5.75 Å². The Labute approximate surface area is 110 Å². The van der Waals surface area contributed by atoms with E-state index < -0.39 is 11.2 Å². The quantitative estimate of drug-likeness (QED) is 0.344. The van der Waals surface area contributed by atoms with Crippen LogP contribution >= 0.6 is 11.6 Å². The molecular formula is C13H13ClO4. The molecule has 0 heterocycles. The van der Waals surface area contributed by atoms with E-state index in [0.29, 0.717) is 16.9 Å². The van der Waals surface area contributed by atoms with E-state index in [2.05, 4.69) is 6.58 Å². The first kappa shape index (κ1) is 14.3. The lowest BCUT2D eigenvalue weighted by atomic mass is 10.2. The van der Waals surface area contributed by atoms with Gasteiger partial charge in [-0.05, 0) is 42.8 Å². The van der Waals surface area contributed by atoms with Crippen LogP contribution in [0.2, 0.25) is 0 Å². The molecule has 0 saturated heterocycles. The van der Waals surface area contributed by atoms with Crippen LogP contribution in [0.5, 0.6) is 5.75 Å². The first-order valence-corrected chi connectivity index (χ1v) is 5.64. The summed E-state index contributed by atoms with van der Waals surface area (Å²) in [6.45, 7) is 5.40. The van der Waals surface area contributed by atoms with Gasteiger partial charge in [-0.3, -0.25) is 4.79 Å². The van der Waals surface area contributed by atoms with Gasteiger partial charge in [0.1, 0.15) is 19.0 Å². The van der Waals surface area contributed by atoms with Crippen molar-refractivity contribution in [2.24, 2.45) is 0 Å². The number of rotatable bonds is 6. The maximum absolute atomic E-state index is 11.0. The van der Waals surface area contributed by atoms with E-state index in [9.17, 15) is 9.59 Å². The largest absolute Gasteiger partial charge is 0.490 e. The summed E-state index contributed by atoms with van der Waals surface area (Å²) >= 11 is 5.30. The molecule has 0 bridgehead atoms. The average molecular weight is 269 g/mol. The smallest absolute Gasteiger partial charge is 0.333 e. The predicted octanol–water partition coefficient (Wildman–Crippen LogP) is 2.56. The van der Waals surface area contributed by atoms with Crippen molar-refractivity contribution in [2.75, 3.05) is 13.2 Å². The number of carbonyl (C=O) groups excluding carboxylic acids is 2. The molecule has 96 valence electrons. The van der Waals surface area contributed by atoms with Gasteiger partial charge in [-0.2, -0.15) is 0 Å². The predicted molar refractivity (Wildman–Crippen MR) is 67.9 cm³/mol. The van der Waals surface area contributed by atoms with Crippen LogP contribution in [0.3, 0.4) is 0 Å². The Kier molecular flexibility index (Phi) is 5.39. The summed E-state index contributed by atoms with van der Waals surface area (Å²) in [5.74, 6) is 0.129. The molecule has 0 atom stereocenters. The van der Waals surface area contributed by atoms with Gasteiger partial charge in [0, 0.05) is 11.1 Å². The summed E-state index contributed by atoms with van der Waals surface area (Å²) in [4.78, 5) is 21.9. The van der Waals surface area contributed by atoms with Gasteiger partial charge in [-0.1, -0.05) is 6.58 Å². The Hall–Kier alpha value is -1.81. The van der Waals surface area contributed by atoms with Gasteiger partial charge >= 0.3 is 5.97 Å². The number of halogens is 1. The van der Waals surface area contributed by atoms with Gasteiger partial charge in [0.25, 0.3) is 5.24 Å². The van der Waals surface area contributed by atoms with E-state index in [-0.39, 0.29) is 13.2 Å². The molecule has 0 aliphatic heterocycles. The highest BCUT2D eigenvalue weighted by Gasteiger charge is 2.03. The molecule has 0 N–H and O–H groups in total. The van der Waals surface area contributed by atoms with Crippen molar-refractivity contribution in [1.29, 1.82) is 0 Å². The lowest BCUT2D eigenvalue weighted by Crippen LogP contribution is -2.12. The third-order valence-electron chi connectivity index (χ3n) is 2.01. The van der Waals surface area contributed by atoms with E-state index >= 15 is 0 Å². The molecule has 0 radical (unpaired) electrons. The van der Waals surface area contributed by atoms with Gasteiger partial charge in [0.2, 0.25) is 0 Å². The summed E-state index contributed by atoms with van der Waals surface area (Å²) < 4.78 is 10.2. The van der Waals surface area contributed by atoms with Crippen molar-refractivity contribution in [3.63, 3.8) is 0 Å². The van der Waals surface area contributed by atoms with Crippen molar-refractivity contribution in [1.82, 2.24) is 0 Å². The van der Waals surface area contributed by atoms with Crippen LogP contribution in [0.25, 0.3) is 0 Å². The Balaban J connectivity index is 2.34. The first-order valence-electron chi connectivity index (χ1n) is 5.26. The van der Waals surface area contributed by atoms with Gasteiger partial charge in [0.15, 0.2) is 0 Å². The van der Waals surface area contributed by atoms with E-state index in [0.717, 1.165) is 0 Å². The molecule has 1 aromatic carbocycles. The molecule has 0 unspecified atom stereocenters. The number of hydrogen-bond acceptors (Lipinski definition) is 4. The summed E-state index contributed by atoms with van der Waals surface area (Å²) in [5, 5.41) is -0.517. The minimum absolute atomic E-state index is 0.141. The van der Waals surface area contributed by atoms with Gasteiger partial charge in [0.05, 0.1) is 0 Å². The summed E-state index contributed by atoms with van der Waals surface area (Å²) in [7, 11) is 0. The molecule has 18 heavy (non-hydrogen) atoms. The molecule has 5 heteroatoms. The van der Waals surface area contributed by atoms with Crippen LogP contribution in [0, 0.1) is 0 Å². The maximum Gasteiger partial charge on any atom is 0.333 e. The Morgan fingerprint density at radius 3 is 2.33 bits per heavy atom. The monoisotopic (exact) mass is 268 g/mol. The average Bonchev–Trinajstić information content (AvgIpc) is 2.34. The normalized spacial score (nSPS) is 9.67. The molecular weight excluding hydrogens is 256 g/mol. The SMILES string of the molecule is C=C(C)C(=O)OCCOc1ccc(C(=O)Cl)cc1. The minimum atomic E-state index is -0.517. The minimum Gasteiger partial charge on any atom is -0.490 e. The summed E-state index contributed by atoms with van der Waals surface area (Å²) in [6.07, 6.45) is 0. The molecule has 0 saturated carbocycles. The van der Waals surface area contributed by atoms with Crippen LogP contribution in [-0.2, 0) is 9.53 Å². The van der Waals surface area contributed by atoms with Gasteiger partial charge < -0.3 is 9.47 Å². The highest BCUT2D eigenvalue weighted by Crippen LogP contribution is 2.13. The summed E-state index contributed by atoms with van der Waals surface area (Å²) in [6, 6.07) is 6.36. The van der Waals surface area contributed by atoms with Crippen LogP contribution < -0.4 is 4.74 Å². The Bertz CT molecular complexity index is 451. The zero-order valence-corrected chi connectivity index (χ0v) is 10.7. The van der Waals surface area contributed by atoms with Crippen LogP contribution in [-0.4, -0.2) is 24.4 Å². The Morgan fingerprint density at radius 1 is 1.22 bits per heavy atom. The first-order chi connectivity index (χ1) is 8.50. The highest BCUT2D eigenvalue weighted by atomic mass is 35.5. The van der Waals surface area contributed by atoms with Gasteiger partial charge in [-0.15, -0.1) is 0 Å². The second-order valence-corrected chi connectivity index (χ2v) is 3.91. The van der Waals surface area contributed by atoms with E-state index in [1.165, 1.54) is 0 Å². The second-order valence-electron chi connectivity index (χ2n) is 3.56. The fourth-order valence-corrected chi connectivity index (χ4v) is 1.23. The topological polar surface area (TPSA) is 52.6 Å². The van der Waals surface area contributed by atoms with Gasteiger partial charge in [-0.25, -0.2) is 4.79 Å². The lowest BCUT2D eigenvalue weighted by Gasteiger charge is -2.07. The number of benzene rings is 1. The van der Waals surface area contributed by atoms with Crippen molar-refractivity contribution in [2.45, 2.75) is 6.92 Å². The number of ether oxygens (including phenoxy) is 2. The zero-order valence-electron chi connectivity index (χ0n) is 9.94. The van der Waals surface area contributed by atoms with Crippen molar-refractivity contribution >= 4 is 22.8 Å². The molecule has 0 aliphatic carbocycles. The number of hydrogen-bond donors (Lipinski definition) is 0. The van der Waals surface area contributed by atoms with Crippen molar-refractivity contribution < 1.29 is 19.1 Å². The molecule has 1 aromatic rings. The molecule has 0 amide bonds. The molecule has 0 spiro atoms. The standard InChI is InChI=1S/C13H13ClO4/c1-9(2)13(16)18-8-7-17-11-5-3-10(4-6-11)12(14)15/h3-6H,1,7-8H2,2H3. The fraction of sp³-hybridized carbons (Fsp3) is 0.231. The number of carbonyl (C=O) groups is 2. The molecule has 0 aromatic heterocycles. The molecule has 4 nitrogen and oxygen atoms in total. The number of esters is 1. The fourth-order valence-electron chi connectivity index (χ4n) is 1.10. The third-order valence-corrected chi connectivity index (χ3v) is 2.23. The maximum atomic E-state index is 11.0. The zero-order chi connectivity index (χ0) is 13.5. The summed E-state index contributed by atoms with van der Waals surface area (Å²) in [5.41, 5.74) is 0.748. The molecule has 0 aliphatic rings. The highest BCUT2D eigenvalue weighted by molar-refractivity contribution is 6.67.